The quantitative estimate of drug-likeness (QED) is 0.782. The van der Waals surface area contributed by atoms with Crippen molar-refractivity contribution in [3.05, 3.63) is 29.8 Å². The molecule has 116 valence electrons. The lowest BCUT2D eigenvalue weighted by Crippen LogP contribution is -2.40. The second kappa shape index (κ2) is 8.03. The van der Waals surface area contributed by atoms with E-state index in [1.54, 1.807) is 18.2 Å². The molecule has 0 aliphatic carbocycles. The molecular weight excluding hydrogens is 266 g/mol. The average molecular weight is 291 g/mol. The van der Waals surface area contributed by atoms with Crippen molar-refractivity contribution in [1.82, 2.24) is 4.90 Å². The van der Waals surface area contributed by atoms with Crippen LogP contribution in [0.15, 0.2) is 24.3 Å². The molecule has 0 spiro atoms. The molecule has 1 N–H and O–H groups in total. The maximum absolute atomic E-state index is 10.9. The Labute approximate surface area is 126 Å². The van der Waals surface area contributed by atoms with Crippen molar-refractivity contribution < 1.29 is 14.6 Å². The fourth-order valence-corrected chi connectivity index (χ4v) is 2.99. The molecule has 1 fully saturated rings. The van der Waals surface area contributed by atoms with Crippen LogP contribution >= 0.6 is 0 Å². The van der Waals surface area contributed by atoms with Crippen molar-refractivity contribution >= 4 is 5.97 Å². The minimum atomic E-state index is -0.917. The van der Waals surface area contributed by atoms with Gasteiger partial charge in [0.2, 0.25) is 0 Å². The predicted molar refractivity (Wildman–Crippen MR) is 83.0 cm³/mol. The summed E-state index contributed by atoms with van der Waals surface area (Å²) in [7, 11) is 0. The summed E-state index contributed by atoms with van der Waals surface area (Å²) in [5.74, 6) is -0.278. The smallest absolute Gasteiger partial charge is 0.335 e. The van der Waals surface area contributed by atoms with Gasteiger partial charge in [-0.15, -0.1) is 0 Å². The number of carbonyl (C=O) groups is 1. The molecule has 0 saturated carbocycles. The first-order chi connectivity index (χ1) is 10.2. The number of rotatable bonds is 7. The second-order valence-corrected chi connectivity index (χ2v) is 5.63. The largest absolute Gasteiger partial charge is 0.494 e. The molecule has 4 nitrogen and oxygen atoms in total. The van der Waals surface area contributed by atoms with Crippen LogP contribution in [0.1, 0.15) is 49.4 Å². The fourth-order valence-electron chi connectivity index (χ4n) is 2.99. The van der Waals surface area contributed by atoms with E-state index in [9.17, 15) is 4.79 Å². The lowest BCUT2D eigenvalue weighted by atomic mass is 10.00. The number of aromatic carboxylic acids is 1. The molecule has 0 radical (unpaired) electrons. The molecule has 1 atom stereocenters. The van der Waals surface area contributed by atoms with Crippen molar-refractivity contribution in [2.75, 3.05) is 19.7 Å². The maximum Gasteiger partial charge on any atom is 0.335 e. The molecule has 1 saturated heterocycles. The fraction of sp³-hybridized carbons (Fsp3) is 0.588. The predicted octanol–water partition coefficient (Wildman–Crippen LogP) is 3.42. The Kier molecular flexibility index (Phi) is 6.05. The van der Waals surface area contributed by atoms with Gasteiger partial charge in [0, 0.05) is 12.6 Å². The van der Waals surface area contributed by atoms with Crippen molar-refractivity contribution in [3.63, 3.8) is 0 Å². The highest BCUT2D eigenvalue weighted by Gasteiger charge is 2.19. The van der Waals surface area contributed by atoms with E-state index in [0.717, 1.165) is 19.0 Å². The number of carboxylic acid groups (broad SMARTS) is 1. The van der Waals surface area contributed by atoms with Crippen molar-refractivity contribution in [2.45, 2.75) is 45.1 Å². The minimum Gasteiger partial charge on any atom is -0.494 e. The standard InChI is InChI=1S/C17H25NO3/c1-2-15-8-3-4-10-18(15)11-6-12-21-16-9-5-7-14(13-16)17(19)20/h5,7,9,13,15H,2-4,6,8,10-12H2,1H3,(H,19,20)/t15-/m0/s1. The zero-order chi connectivity index (χ0) is 15.1. The number of hydrogen-bond donors (Lipinski definition) is 1. The van der Waals surface area contributed by atoms with Crippen LogP contribution in [-0.4, -0.2) is 41.7 Å². The number of carboxylic acids is 1. The Balaban J connectivity index is 1.74. The highest BCUT2D eigenvalue weighted by molar-refractivity contribution is 5.87. The summed E-state index contributed by atoms with van der Waals surface area (Å²) in [5, 5.41) is 8.95. The SMILES string of the molecule is CC[C@H]1CCCCN1CCCOc1cccc(C(=O)O)c1. The van der Waals surface area contributed by atoms with Crippen LogP contribution in [0.3, 0.4) is 0 Å². The van der Waals surface area contributed by atoms with E-state index in [0.29, 0.717) is 12.4 Å². The third-order valence-electron chi connectivity index (χ3n) is 4.16. The Hall–Kier alpha value is -1.55. The highest BCUT2D eigenvalue weighted by atomic mass is 16.5. The van der Waals surface area contributed by atoms with E-state index in [2.05, 4.69) is 11.8 Å². The monoisotopic (exact) mass is 291 g/mol. The van der Waals surface area contributed by atoms with Gasteiger partial charge < -0.3 is 14.7 Å². The molecular formula is C17H25NO3. The maximum atomic E-state index is 10.9. The van der Waals surface area contributed by atoms with E-state index < -0.39 is 5.97 Å². The number of likely N-dealkylation sites (tertiary alicyclic amines) is 1. The van der Waals surface area contributed by atoms with Gasteiger partial charge in [-0.25, -0.2) is 4.79 Å². The van der Waals surface area contributed by atoms with Crippen molar-refractivity contribution in [2.24, 2.45) is 0 Å². The molecule has 0 aromatic heterocycles. The first-order valence-electron chi connectivity index (χ1n) is 7.91. The van der Waals surface area contributed by atoms with E-state index in [1.165, 1.54) is 32.2 Å². The second-order valence-electron chi connectivity index (χ2n) is 5.63. The van der Waals surface area contributed by atoms with Crippen LogP contribution in [-0.2, 0) is 0 Å². The summed E-state index contributed by atoms with van der Waals surface area (Å²) in [6.07, 6.45) is 6.18. The molecule has 21 heavy (non-hydrogen) atoms. The molecule has 0 bridgehead atoms. The van der Waals surface area contributed by atoms with Crippen molar-refractivity contribution in [3.8, 4) is 5.75 Å². The van der Waals surface area contributed by atoms with Gasteiger partial charge >= 0.3 is 5.97 Å². The third-order valence-corrected chi connectivity index (χ3v) is 4.16. The summed E-state index contributed by atoms with van der Waals surface area (Å²) >= 11 is 0. The van der Waals surface area contributed by atoms with Gasteiger partial charge in [0.1, 0.15) is 5.75 Å². The Bertz CT molecular complexity index is 461. The summed E-state index contributed by atoms with van der Waals surface area (Å²) in [4.78, 5) is 13.5. The summed E-state index contributed by atoms with van der Waals surface area (Å²) in [5.41, 5.74) is 0.273. The summed E-state index contributed by atoms with van der Waals surface area (Å²) < 4.78 is 5.67. The van der Waals surface area contributed by atoms with E-state index in [1.807, 2.05) is 6.07 Å². The van der Waals surface area contributed by atoms with E-state index in [4.69, 9.17) is 9.84 Å². The van der Waals surface area contributed by atoms with Gasteiger partial charge in [0.15, 0.2) is 0 Å². The first kappa shape index (κ1) is 15.8. The zero-order valence-corrected chi connectivity index (χ0v) is 12.8. The lowest BCUT2D eigenvalue weighted by molar-refractivity contribution is 0.0696. The topological polar surface area (TPSA) is 49.8 Å². The number of ether oxygens (including phenoxy) is 1. The molecule has 4 heteroatoms. The van der Waals surface area contributed by atoms with Crippen LogP contribution in [0, 0.1) is 0 Å². The van der Waals surface area contributed by atoms with Gasteiger partial charge in [-0.3, -0.25) is 0 Å². The van der Waals surface area contributed by atoms with Gasteiger partial charge in [-0.05, 0) is 50.4 Å². The number of hydrogen-bond acceptors (Lipinski definition) is 3. The number of piperidine rings is 1. The van der Waals surface area contributed by atoms with Crippen LogP contribution in [0.4, 0.5) is 0 Å². The number of benzene rings is 1. The molecule has 1 aromatic rings. The van der Waals surface area contributed by atoms with E-state index in [-0.39, 0.29) is 5.56 Å². The Morgan fingerprint density at radius 3 is 3.05 bits per heavy atom. The van der Waals surface area contributed by atoms with Crippen LogP contribution in [0.5, 0.6) is 5.75 Å². The molecule has 0 amide bonds. The van der Waals surface area contributed by atoms with Gasteiger partial charge in [-0.2, -0.15) is 0 Å². The highest BCUT2D eigenvalue weighted by Crippen LogP contribution is 2.19. The minimum absolute atomic E-state index is 0.273. The third kappa shape index (κ3) is 4.74. The van der Waals surface area contributed by atoms with Crippen LogP contribution in [0.2, 0.25) is 0 Å². The Morgan fingerprint density at radius 1 is 1.43 bits per heavy atom. The van der Waals surface area contributed by atoms with Gasteiger partial charge in [-0.1, -0.05) is 19.4 Å². The van der Waals surface area contributed by atoms with Gasteiger partial charge in [0.05, 0.1) is 12.2 Å². The molecule has 1 heterocycles. The van der Waals surface area contributed by atoms with E-state index >= 15 is 0 Å². The number of nitrogens with zero attached hydrogens (tertiary/aromatic N) is 1. The molecule has 2 rings (SSSR count). The molecule has 1 aliphatic rings. The zero-order valence-electron chi connectivity index (χ0n) is 12.8. The van der Waals surface area contributed by atoms with Crippen LogP contribution < -0.4 is 4.74 Å². The summed E-state index contributed by atoms with van der Waals surface area (Å²) in [6, 6.07) is 7.42. The first-order valence-corrected chi connectivity index (χ1v) is 7.91. The molecule has 1 aliphatic heterocycles. The average Bonchev–Trinajstić information content (AvgIpc) is 2.52. The molecule has 1 aromatic carbocycles. The summed E-state index contributed by atoms with van der Waals surface area (Å²) in [6.45, 7) is 5.16. The molecule has 0 unspecified atom stereocenters. The van der Waals surface area contributed by atoms with Crippen LogP contribution in [0.25, 0.3) is 0 Å². The normalized spacial score (nSPS) is 19.4. The van der Waals surface area contributed by atoms with Gasteiger partial charge in [0.25, 0.3) is 0 Å². The Morgan fingerprint density at radius 2 is 2.29 bits per heavy atom. The lowest BCUT2D eigenvalue weighted by Gasteiger charge is -2.35. The van der Waals surface area contributed by atoms with Crippen molar-refractivity contribution in [1.29, 1.82) is 0 Å².